The average Bonchev–Trinajstić information content (AvgIpc) is 2.89. The molecular formula is C34H55F. The molecule has 35 heavy (non-hydrogen) atoms. The number of benzene rings is 1. The molecule has 1 heteroatoms. The Labute approximate surface area is 217 Å². The summed E-state index contributed by atoms with van der Waals surface area (Å²) in [6.07, 6.45) is 30.4. The largest absolute Gasteiger partial charge is 0.207 e. The van der Waals surface area contributed by atoms with Crippen LogP contribution in [0.3, 0.4) is 0 Å². The second-order valence-corrected chi connectivity index (χ2v) is 12.1. The van der Waals surface area contributed by atoms with E-state index in [9.17, 15) is 4.39 Å². The van der Waals surface area contributed by atoms with Crippen LogP contribution in [-0.2, 0) is 12.8 Å². The van der Waals surface area contributed by atoms with Crippen molar-refractivity contribution in [3.8, 4) is 0 Å². The summed E-state index contributed by atoms with van der Waals surface area (Å²) in [5.41, 5.74) is 3.70. The molecule has 0 aromatic heterocycles. The molecule has 0 bridgehead atoms. The minimum Gasteiger partial charge on any atom is -0.207 e. The zero-order chi connectivity index (χ0) is 24.7. The fourth-order valence-electron chi connectivity index (χ4n) is 6.57. The molecule has 0 amide bonds. The molecule has 2 aliphatic rings. The first-order valence-electron chi connectivity index (χ1n) is 15.6. The molecule has 0 saturated heterocycles. The van der Waals surface area contributed by atoms with E-state index in [1.165, 1.54) is 115 Å². The number of unbranched alkanes of at least 4 members (excludes halogenated alkanes) is 6. The van der Waals surface area contributed by atoms with Crippen molar-refractivity contribution in [1.82, 2.24) is 0 Å². The lowest BCUT2D eigenvalue weighted by molar-refractivity contribution is 0.234. The third-order valence-corrected chi connectivity index (χ3v) is 9.18. The first kappa shape index (κ1) is 28.5. The van der Waals surface area contributed by atoms with Crippen LogP contribution in [0.5, 0.6) is 0 Å². The molecule has 0 aliphatic heterocycles. The molecule has 0 N–H and O–H groups in total. The molecule has 1 aromatic carbocycles. The van der Waals surface area contributed by atoms with Crippen molar-refractivity contribution in [2.24, 2.45) is 17.8 Å². The van der Waals surface area contributed by atoms with E-state index in [0.29, 0.717) is 0 Å². The Morgan fingerprint density at radius 3 is 2.03 bits per heavy atom. The highest BCUT2D eigenvalue weighted by Crippen LogP contribution is 2.37. The summed E-state index contributed by atoms with van der Waals surface area (Å²) in [5.74, 6) is 2.98. The van der Waals surface area contributed by atoms with Gasteiger partial charge in [-0.05, 0) is 86.3 Å². The van der Waals surface area contributed by atoms with Crippen molar-refractivity contribution in [3.05, 3.63) is 46.8 Å². The first-order chi connectivity index (χ1) is 17.2. The van der Waals surface area contributed by atoms with Gasteiger partial charge in [-0.2, -0.15) is 0 Å². The molecule has 3 rings (SSSR count). The summed E-state index contributed by atoms with van der Waals surface area (Å²) in [5, 5.41) is 0. The predicted octanol–water partition coefficient (Wildman–Crippen LogP) is 11.2. The zero-order valence-corrected chi connectivity index (χ0v) is 23.3. The zero-order valence-electron chi connectivity index (χ0n) is 23.3. The van der Waals surface area contributed by atoms with E-state index in [1.807, 2.05) is 6.07 Å². The molecule has 1 fully saturated rings. The molecular weight excluding hydrogens is 427 g/mol. The third-order valence-electron chi connectivity index (χ3n) is 9.18. The van der Waals surface area contributed by atoms with Crippen molar-refractivity contribution >= 4 is 0 Å². The van der Waals surface area contributed by atoms with Gasteiger partial charge >= 0.3 is 0 Å². The van der Waals surface area contributed by atoms with Gasteiger partial charge in [-0.3, -0.25) is 0 Å². The average molecular weight is 483 g/mol. The van der Waals surface area contributed by atoms with Crippen LogP contribution < -0.4 is 0 Å². The normalized spacial score (nSPS) is 22.8. The highest BCUT2D eigenvalue weighted by atomic mass is 19.1. The second kappa shape index (κ2) is 16.6. The van der Waals surface area contributed by atoms with Gasteiger partial charge in [0.1, 0.15) is 5.82 Å². The summed E-state index contributed by atoms with van der Waals surface area (Å²) in [6, 6.07) is 6.02. The van der Waals surface area contributed by atoms with Gasteiger partial charge in [0.15, 0.2) is 0 Å². The van der Waals surface area contributed by atoms with E-state index in [0.717, 1.165) is 49.0 Å². The summed E-state index contributed by atoms with van der Waals surface area (Å²) in [7, 11) is 0. The summed E-state index contributed by atoms with van der Waals surface area (Å²) in [6.45, 7) is 4.53. The third kappa shape index (κ3) is 10.8. The van der Waals surface area contributed by atoms with E-state index in [4.69, 9.17) is 0 Å². The highest BCUT2D eigenvalue weighted by molar-refractivity contribution is 5.25. The van der Waals surface area contributed by atoms with E-state index in [-0.39, 0.29) is 5.82 Å². The van der Waals surface area contributed by atoms with Crippen molar-refractivity contribution in [2.75, 3.05) is 0 Å². The predicted molar refractivity (Wildman–Crippen MR) is 151 cm³/mol. The van der Waals surface area contributed by atoms with E-state index < -0.39 is 0 Å². The van der Waals surface area contributed by atoms with E-state index in [1.54, 1.807) is 11.6 Å². The smallest absolute Gasteiger partial charge is 0.126 e. The first-order valence-corrected chi connectivity index (χ1v) is 15.6. The fourth-order valence-corrected chi connectivity index (χ4v) is 6.57. The van der Waals surface area contributed by atoms with Crippen LogP contribution in [0.4, 0.5) is 4.39 Å². The molecule has 1 atom stereocenters. The molecule has 1 saturated carbocycles. The number of hydrogen-bond acceptors (Lipinski definition) is 0. The Hall–Kier alpha value is -1.11. The lowest BCUT2D eigenvalue weighted by atomic mass is 9.76. The maximum absolute atomic E-state index is 14.5. The summed E-state index contributed by atoms with van der Waals surface area (Å²) >= 11 is 0. The quantitative estimate of drug-likeness (QED) is 0.162. The Bertz CT molecular complexity index is 724. The Morgan fingerprint density at radius 1 is 0.686 bits per heavy atom. The standard InChI is InChI=1S/C34H55F/c1-3-5-7-9-11-28-13-15-29(16-14-28)17-18-30-19-21-31(22-20-30)23-24-32-25-26-33(34(35)27-32)12-10-8-6-4-2/h21,25-30H,3-20,22-24H2,1-2H3. The fraction of sp³-hybridized carbons (Fsp3) is 0.765. The summed E-state index contributed by atoms with van der Waals surface area (Å²) in [4.78, 5) is 0. The van der Waals surface area contributed by atoms with Gasteiger partial charge in [0.2, 0.25) is 0 Å². The van der Waals surface area contributed by atoms with E-state index >= 15 is 0 Å². The van der Waals surface area contributed by atoms with Gasteiger partial charge in [0.25, 0.3) is 0 Å². The lowest BCUT2D eigenvalue weighted by Crippen LogP contribution is -2.16. The molecule has 1 unspecified atom stereocenters. The second-order valence-electron chi connectivity index (χ2n) is 12.1. The SMILES string of the molecule is CCCCCCc1ccc(CCC2=CCC(CCC3CCC(CCCCCC)CC3)CC2)cc1F. The molecule has 198 valence electrons. The molecule has 0 radical (unpaired) electrons. The van der Waals surface area contributed by atoms with Gasteiger partial charge in [0, 0.05) is 0 Å². The number of rotatable bonds is 16. The van der Waals surface area contributed by atoms with E-state index in [2.05, 4.69) is 26.0 Å². The van der Waals surface area contributed by atoms with Crippen LogP contribution >= 0.6 is 0 Å². The van der Waals surface area contributed by atoms with Crippen LogP contribution in [0.15, 0.2) is 29.8 Å². The topological polar surface area (TPSA) is 0 Å². The van der Waals surface area contributed by atoms with Crippen LogP contribution in [0.1, 0.15) is 147 Å². The Balaban J connectivity index is 1.28. The number of halogens is 1. The molecule has 0 nitrogen and oxygen atoms in total. The van der Waals surface area contributed by atoms with Gasteiger partial charge < -0.3 is 0 Å². The number of hydrogen-bond donors (Lipinski definition) is 0. The molecule has 2 aliphatic carbocycles. The van der Waals surface area contributed by atoms with Gasteiger partial charge in [-0.1, -0.05) is 121 Å². The van der Waals surface area contributed by atoms with Crippen LogP contribution in [0.25, 0.3) is 0 Å². The van der Waals surface area contributed by atoms with Crippen molar-refractivity contribution in [3.63, 3.8) is 0 Å². The highest BCUT2D eigenvalue weighted by Gasteiger charge is 2.22. The van der Waals surface area contributed by atoms with Crippen LogP contribution in [0.2, 0.25) is 0 Å². The molecule has 0 spiro atoms. The monoisotopic (exact) mass is 482 g/mol. The maximum Gasteiger partial charge on any atom is 0.126 e. The van der Waals surface area contributed by atoms with Gasteiger partial charge in [0.05, 0.1) is 0 Å². The van der Waals surface area contributed by atoms with Crippen molar-refractivity contribution in [2.45, 2.75) is 149 Å². The number of aryl methyl sites for hydroxylation is 2. The Morgan fingerprint density at radius 2 is 1.37 bits per heavy atom. The maximum atomic E-state index is 14.5. The van der Waals surface area contributed by atoms with Crippen LogP contribution in [0, 0.1) is 23.6 Å². The Kier molecular flexibility index (Phi) is 13.5. The minimum absolute atomic E-state index is 0.0159. The van der Waals surface area contributed by atoms with Gasteiger partial charge in [-0.15, -0.1) is 0 Å². The van der Waals surface area contributed by atoms with Crippen molar-refractivity contribution < 1.29 is 4.39 Å². The minimum atomic E-state index is 0.0159. The van der Waals surface area contributed by atoms with Gasteiger partial charge in [-0.25, -0.2) is 4.39 Å². The molecule has 1 aromatic rings. The van der Waals surface area contributed by atoms with Crippen molar-refractivity contribution in [1.29, 1.82) is 0 Å². The van der Waals surface area contributed by atoms with Crippen LogP contribution in [-0.4, -0.2) is 0 Å². The summed E-state index contributed by atoms with van der Waals surface area (Å²) < 4.78 is 14.5. The number of allylic oxidation sites excluding steroid dienone is 2. The lowest BCUT2D eigenvalue weighted by Gasteiger charge is -2.30. The molecule has 0 heterocycles.